The van der Waals surface area contributed by atoms with Gasteiger partial charge in [-0.05, 0) is 18.1 Å². The third-order valence-electron chi connectivity index (χ3n) is 5.72. The molecule has 3 rings (SSSR count). The summed E-state index contributed by atoms with van der Waals surface area (Å²) in [5.41, 5.74) is 2.43. The standard InChI is InChI=1S/C22H29N2O/c1-3-24(2)16-14-23(15-17-24)22(25)18-21(19-10-6-4-7-11-19)20-12-8-5-9-13-20/h4-13,21H,3,14-18H2,1-2H3/q+1. The van der Waals surface area contributed by atoms with Gasteiger partial charge in [0.05, 0.1) is 39.8 Å². The highest BCUT2D eigenvalue weighted by atomic mass is 16.2. The van der Waals surface area contributed by atoms with Gasteiger partial charge in [0.15, 0.2) is 0 Å². The molecule has 0 spiro atoms. The molecule has 1 fully saturated rings. The molecule has 2 aromatic carbocycles. The largest absolute Gasteiger partial charge is 0.331 e. The summed E-state index contributed by atoms with van der Waals surface area (Å²) in [4.78, 5) is 15.0. The van der Waals surface area contributed by atoms with Crippen LogP contribution in [-0.4, -0.2) is 55.1 Å². The molecule has 0 N–H and O–H groups in total. The van der Waals surface area contributed by atoms with Gasteiger partial charge in [-0.25, -0.2) is 0 Å². The van der Waals surface area contributed by atoms with Crippen LogP contribution in [0.25, 0.3) is 0 Å². The summed E-state index contributed by atoms with van der Waals surface area (Å²) in [5.74, 6) is 0.406. The fraction of sp³-hybridized carbons (Fsp3) is 0.409. The predicted molar refractivity (Wildman–Crippen MR) is 102 cm³/mol. The van der Waals surface area contributed by atoms with Crippen molar-refractivity contribution in [2.24, 2.45) is 0 Å². The minimum absolute atomic E-state index is 0.129. The van der Waals surface area contributed by atoms with Crippen molar-refractivity contribution >= 4 is 5.91 Å². The van der Waals surface area contributed by atoms with E-state index in [1.807, 2.05) is 12.1 Å². The van der Waals surface area contributed by atoms with E-state index in [4.69, 9.17) is 0 Å². The lowest BCUT2D eigenvalue weighted by molar-refractivity contribution is -0.911. The maximum atomic E-state index is 13.0. The number of carbonyl (C=O) groups is 1. The van der Waals surface area contributed by atoms with E-state index in [0.29, 0.717) is 6.42 Å². The monoisotopic (exact) mass is 337 g/mol. The van der Waals surface area contributed by atoms with Gasteiger partial charge >= 0.3 is 0 Å². The molecule has 3 heteroatoms. The number of nitrogens with zero attached hydrogens (tertiary/aromatic N) is 2. The predicted octanol–water partition coefficient (Wildman–Crippen LogP) is 3.52. The van der Waals surface area contributed by atoms with E-state index in [2.05, 4.69) is 67.4 Å². The minimum atomic E-state index is 0.129. The number of amides is 1. The van der Waals surface area contributed by atoms with E-state index < -0.39 is 0 Å². The molecule has 0 unspecified atom stereocenters. The Balaban J connectivity index is 1.74. The normalized spacial score (nSPS) is 16.8. The zero-order valence-corrected chi connectivity index (χ0v) is 15.4. The van der Waals surface area contributed by atoms with Crippen LogP contribution in [-0.2, 0) is 4.79 Å². The van der Waals surface area contributed by atoms with Crippen molar-refractivity contribution in [1.82, 2.24) is 4.90 Å². The summed E-state index contributed by atoms with van der Waals surface area (Å²) < 4.78 is 1.07. The highest BCUT2D eigenvalue weighted by Gasteiger charge is 2.30. The molecular formula is C22H29N2O+. The van der Waals surface area contributed by atoms with Crippen molar-refractivity contribution in [3.05, 3.63) is 71.8 Å². The van der Waals surface area contributed by atoms with Gasteiger partial charge < -0.3 is 9.38 Å². The minimum Gasteiger partial charge on any atom is -0.331 e. The molecular weight excluding hydrogens is 308 g/mol. The molecule has 3 nitrogen and oxygen atoms in total. The summed E-state index contributed by atoms with van der Waals surface area (Å²) in [7, 11) is 2.29. The summed E-state index contributed by atoms with van der Waals surface area (Å²) in [5, 5.41) is 0. The van der Waals surface area contributed by atoms with Gasteiger partial charge in [-0.3, -0.25) is 4.79 Å². The Bertz CT molecular complexity index is 636. The molecule has 1 aliphatic rings. The van der Waals surface area contributed by atoms with Gasteiger partial charge in [0.2, 0.25) is 5.91 Å². The number of hydrogen-bond donors (Lipinski definition) is 0. The first-order chi connectivity index (χ1) is 12.1. The van der Waals surface area contributed by atoms with Crippen molar-refractivity contribution in [1.29, 1.82) is 0 Å². The van der Waals surface area contributed by atoms with Gasteiger partial charge in [-0.1, -0.05) is 60.7 Å². The SMILES string of the molecule is CC[N+]1(C)CCN(C(=O)CC(c2ccccc2)c2ccccc2)CC1. The van der Waals surface area contributed by atoms with Crippen molar-refractivity contribution in [2.75, 3.05) is 39.8 Å². The second kappa shape index (κ2) is 7.83. The Morgan fingerprint density at radius 3 is 1.88 bits per heavy atom. The molecule has 1 heterocycles. The Morgan fingerprint density at radius 1 is 0.960 bits per heavy atom. The van der Waals surface area contributed by atoms with Crippen LogP contribution < -0.4 is 0 Å². The van der Waals surface area contributed by atoms with E-state index >= 15 is 0 Å². The fourth-order valence-corrected chi connectivity index (χ4v) is 3.62. The van der Waals surface area contributed by atoms with Crippen LogP contribution in [0.4, 0.5) is 0 Å². The molecule has 25 heavy (non-hydrogen) atoms. The molecule has 0 bridgehead atoms. The van der Waals surface area contributed by atoms with E-state index in [9.17, 15) is 4.79 Å². The second-order valence-corrected chi connectivity index (χ2v) is 7.34. The molecule has 0 saturated carbocycles. The topological polar surface area (TPSA) is 20.3 Å². The average molecular weight is 337 g/mol. The average Bonchev–Trinajstić information content (AvgIpc) is 2.68. The summed E-state index contributed by atoms with van der Waals surface area (Å²) in [6.45, 7) is 7.24. The van der Waals surface area contributed by atoms with E-state index in [0.717, 1.165) is 37.2 Å². The van der Waals surface area contributed by atoms with Gasteiger partial charge in [0, 0.05) is 12.3 Å². The molecule has 0 radical (unpaired) electrons. The van der Waals surface area contributed by atoms with Gasteiger partial charge in [0.25, 0.3) is 0 Å². The van der Waals surface area contributed by atoms with Gasteiger partial charge in [-0.2, -0.15) is 0 Å². The smallest absolute Gasteiger partial charge is 0.223 e. The first-order valence-corrected chi connectivity index (χ1v) is 9.32. The number of benzene rings is 2. The quantitative estimate of drug-likeness (QED) is 0.765. The Hall–Kier alpha value is -2.13. The highest BCUT2D eigenvalue weighted by Crippen LogP contribution is 2.29. The first-order valence-electron chi connectivity index (χ1n) is 9.32. The molecule has 132 valence electrons. The van der Waals surface area contributed by atoms with Crippen LogP contribution in [0.2, 0.25) is 0 Å². The van der Waals surface area contributed by atoms with Crippen LogP contribution in [0.1, 0.15) is 30.4 Å². The maximum absolute atomic E-state index is 13.0. The van der Waals surface area contributed by atoms with Crippen LogP contribution in [0, 0.1) is 0 Å². The maximum Gasteiger partial charge on any atom is 0.223 e. The third kappa shape index (κ3) is 4.29. The van der Waals surface area contributed by atoms with Crippen molar-refractivity contribution in [2.45, 2.75) is 19.3 Å². The lowest BCUT2D eigenvalue weighted by Gasteiger charge is -2.41. The van der Waals surface area contributed by atoms with Crippen LogP contribution >= 0.6 is 0 Å². The van der Waals surface area contributed by atoms with Crippen LogP contribution in [0.15, 0.2) is 60.7 Å². The summed E-state index contributed by atoms with van der Waals surface area (Å²) in [6.07, 6.45) is 0.546. The van der Waals surface area contributed by atoms with Crippen molar-refractivity contribution in [3.8, 4) is 0 Å². The zero-order valence-electron chi connectivity index (χ0n) is 15.4. The molecule has 0 aliphatic carbocycles. The number of hydrogen-bond acceptors (Lipinski definition) is 1. The number of quaternary nitrogens is 1. The Labute approximate surface area is 151 Å². The van der Waals surface area contributed by atoms with Crippen LogP contribution in [0.5, 0.6) is 0 Å². The number of likely N-dealkylation sites (N-methyl/N-ethyl adjacent to an activating group) is 1. The number of piperazine rings is 1. The lowest BCUT2D eigenvalue weighted by Crippen LogP contribution is -2.58. The number of rotatable bonds is 5. The lowest BCUT2D eigenvalue weighted by atomic mass is 9.88. The van der Waals surface area contributed by atoms with Gasteiger partial charge in [-0.15, -0.1) is 0 Å². The number of carbonyl (C=O) groups excluding carboxylic acids is 1. The Kier molecular flexibility index (Phi) is 5.54. The molecule has 1 saturated heterocycles. The highest BCUT2D eigenvalue weighted by molar-refractivity contribution is 5.78. The van der Waals surface area contributed by atoms with E-state index in [1.165, 1.54) is 11.1 Å². The summed E-state index contributed by atoms with van der Waals surface area (Å²) in [6, 6.07) is 20.8. The molecule has 1 aliphatic heterocycles. The van der Waals surface area contributed by atoms with Gasteiger partial charge in [0.1, 0.15) is 0 Å². The zero-order chi connectivity index (χ0) is 17.7. The van der Waals surface area contributed by atoms with E-state index in [1.54, 1.807) is 0 Å². The molecule has 1 amide bonds. The fourth-order valence-electron chi connectivity index (χ4n) is 3.62. The summed E-state index contributed by atoms with van der Waals surface area (Å²) >= 11 is 0. The van der Waals surface area contributed by atoms with Crippen molar-refractivity contribution < 1.29 is 9.28 Å². The van der Waals surface area contributed by atoms with Crippen molar-refractivity contribution in [3.63, 3.8) is 0 Å². The van der Waals surface area contributed by atoms with E-state index in [-0.39, 0.29) is 11.8 Å². The second-order valence-electron chi connectivity index (χ2n) is 7.34. The molecule has 0 aromatic heterocycles. The molecule has 0 atom stereocenters. The third-order valence-corrected chi connectivity index (χ3v) is 5.72. The molecule has 2 aromatic rings. The van der Waals surface area contributed by atoms with Crippen LogP contribution in [0.3, 0.4) is 0 Å². The first kappa shape index (κ1) is 17.7. The Morgan fingerprint density at radius 2 is 1.44 bits per heavy atom.